The number of ether oxygens (including phenoxy) is 1. The van der Waals surface area contributed by atoms with E-state index in [9.17, 15) is 4.79 Å². The van der Waals surface area contributed by atoms with Crippen LogP contribution in [0.5, 0.6) is 5.75 Å². The molecule has 1 aliphatic rings. The van der Waals surface area contributed by atoms with Crippen molar-refractivity contribution in [2.45, 2.75) is 25.9 Å². The third kappa shape index (κ3) is 3.79. The van der Waals surface area contributed by atoms with Crippen LogP contribution in [0.4, 0.5) is 0 Å². The lowest BCUT2D eigenvalue weighted by molar-refractivity contribution is -0.133. The van der Waals surface area contributed by atoms with Crippen LogP contribution >= 0.6 is 0 Å². The van der Waals surface area contributed by atoms with Crippen molar-refractivity contribution < 1.29 is 9.53 Å². The number of carbonyl (C=O) groups excluding carboxylic acids is 1. The molecular formula is C21H20N4O2. The fourth-order valence-corrected chi connectivity index (χ4v) is 3.22. The van der Waals surface area contributed by atoms with E-state index in [-0.39, 0.29) is 11.9 Å². The molecule has 6 nitrogen and oxygen atoms in total. The zero-order valence-electron chi connectivity index (χ0n) is 15.1. The van der Waals surface area contributed by atoms with Crippen molar-refractivity contribution in [3.05, 3.63) is 72.6 Å². The Balaban J connectivity index is 1.60. The van der Waals surface area contributed by atoms with Gasteiger partial charge in [-0.15, -0.1) is 0 Å². The number of hydrogen-bond acceptors (Lipinski definition) is 5. The Bertz CT molecular complexity index is 931. The normalized spacial score (nSPS) is 16.2. The third-order valence-electron chi connectivity index (χ3n) is 4.71. The summed E-state index contributed by atoms with van der Waals surface area (Å²) in [5.41, 5.74) is 3.84. The summed E-state index contributed by atoms with van der Waals surface area (Å²) in [5, 5.41) is 0. The van der Waals surface area contributed by atoms with Crippen molar-refractivity contribution in [3.8, 4) is 16.9 Å². The molecule has 0 saturated carbocycles. The highest BCUT2D eigenvalue weighted by molar-refractivity contribution is 5.79. The molecule has 1 amide bonds. The van der Waals surface area contributed by atoms with Crippen molar-refractivity contribution in [1.29, 1.82) is 0 Å². The SMILES string of the molecule is C[C@@H]1COc2ccc(-c3cncnc3)cc2CN1C(=O)Cc1cccnc1. The second-order valence-electron chi connectivity index (χ2n) is 6.67. The number of carbonyl (C=O) groups is 1. The highest BCUT2D eigenvalue weighted by Gasteiger charge is 2.26. The Morgan fingerprint density at radius 1 is 1.15 bits per heavy atom. The van der Waals surface area contributed by atoms with Gasteiger partial charge in [0.05, 0.1) is 12.5 Å². The Kier molecular flexibility index (Phi) is 4.78. The van der Waals surface area contributed by atoms with Crippen LogP contribution in [0, 0.1) is 0 Å². The molecule has 2 aromatic heterocycles. The molecule has 4 rings (SSSR count). The van der Waals surface area contributed by atoms with Crippen LogP contribution in [0.25, 0.3) is 11.1 Å². The molecule has 136 valence electrons. The molecule has 0 fully saturated rings. The van der Waals surface area contributed by atoms with E-state index in [4.69, 9.17) is 4.74 Å². The van der Waals surface area contributed by atoms with Crippen LogP contribution in [0.2, 0.25) is 0 Å². The van der Waals surface area contributed by atoms with E-state index in [2.05, 4.69) is 21.0 Å². The predicted octanol–water partition coefficient (Wildman–Crippen LogP) is 2.89. The standard InChI is InChI=1S/C21H20N4O2/c1-15-13-27-20-5-4-17(19-10-23-14-24-11-19)8-18(20)12-25(15)21(26)7-16-3-2-6-22-9-16/h2-6,8-11,14-15H,7,12-13H2,1H3/t15-/m1/s1. The van der Waals surface area contributed by atoms with Crippen LogP contribution in [-0.4, -0.2) is 38.4 Å². The summed E-state index contributed by atoms with van der Waals surface area (Å²) in [4.78, 5) is 27.1. The van der Waals surface area contributed by atoms with Crippen molar-refractivity contribution in [3.63, 3.8) is 0 Å². The van der Waals surface area contributed by atoms with Gasteiger partial charge in [-0.25, -0.2) is 9.97 Å². The first-order valence-corrected chi connectivity index (χ1v) is 8.90. The Morgan fingerprint density at radius 2 is 2.00 bits per heavy atom. The molecule has 1 atom stereocenters. The Labute approximate surface area is 157 Å². The average Bonchev–Trinajstić information content (AvgIpc) is 2.88. The summed E-state index contributed by atoms with van der Waals surface area (Å²) in [6.07, 6.45) is 8.84. The molecule has 3 heterocycles. The van der Waals surface area contributed by atoms with Crippen LogP contribution in [0.1, 0.15) is 18.1 Å². The van der Waals surface area contributed by atoms with E-state index < -0.39 is 0 Å². The smallest absolute Gasteiger partial charge is 0.227 e. The van der Waals surface area contributed by atoms with Gasteiger partial charge in [-0.05, 0) is 36.2 Å². The monoisotopic (exact) mass is 360 g/mol. The molecule has 0 radical (unpaired) electrons. The molecule has 1 aliphatic heterocycles. The first kappa shape index (κ1) is 17.1. The highest BCUT2D eigenvalue weighted by Crippen LogP contribution is 2.30. The van der Waals surface area contributed by atoms with Crippen molar-refractivity contribution in [2.75, 3.05) is 6.61 Å². The minimum Gasteiger partial charge on any atom is -0.491 e. The second-order valence-corrected chi connectivity index (χ2v) is 6.67. The van der Waals surface area contributed by atoms with Gasteiger partial charge in [-0.1, -0.05) is 12.1 Å². The van der Waals surface area contributed by atoms with Crippen LogP contribution < -0.4 is 4.74 Å². The maximum absolute atomic E-state index is 12.9. The molecule has 0 spiro atoms. The molecular weight excluding hydrogens is 340 g/mol. The largest absolute Gasteiger partial charge is 0.491 e. The summed E-state index contributed by atoms with van der Waals surface area (Å²) in [6.45, 7) is 3.00. The topological polar surface area (TPSA) is 68.2 Å². The van der Waals surface area contributed by atoms with Crippen LogP contribution in [0.15, 0.2) is 61.4 Å². The highest BCUT2D eigenvalue weighted by atomic mass is 16.5. The zero-order chi connectivity index (χ0) is 18.6. The molecule has 27 heavy (non-hydrogen) atoms. The molecule has 0 bridgehead atoms. The lowest BCUT2D eigenvalue weighted by Crippen LogP contribution is -2.40. The number of aromatic nitrogens is 3. The Hall–Kier alpha value is -3.28. The molecule has 3 aromatic rings. The summed E-state index contributed by atoms with van der Waals surface area (Å²) in [6, 6.07) is 9.77. The number of nitrogens with zero attached hydrogens (tertiary/aromatic N) is 4. The third-order valence-corrected chi connectivity index (χ3v) is 4.71. The van der Waals surface area contributed by atoms with Crippen LogP contribution in [0.3, 0.4) is 0 Å². The molecule has 0 unspecified atom stereocenters. The molecule has 1 aromatic carbocycles. The summed E-state index contributed by atoms with van der Waals surface area (Å²) < 4.78 is 5.94. The first-order valence-electron chi connectivity index (χ1n) is 8.90. The van der Waals surface area contributed by atoms with Crippen molar-refractivity contribution in [2.24, 2.45) is 0 Å². The maximum Gasteiger partial charge on any atom is 0.227 e. The molecule has 0 saturated heterocycles. The van der Waals surface area contributed by atoms with Gasteiger partial charge in [0.1, 0.15) is 18.7 Å². The van der Waals surface area contributed by atoms with E-state index in [0.717, 1.165) is 28.0 Å². The Morgan fingerprint density at radius 3 is 2.78 bits per heavy atom. The van der Waals surface area contributed by atoms with E-state index in [1.54, 1.807) is 24.8 Å². The summed E-state index contributed by atoms with van der Waals surface area (Å²) in [5.74, 6) is 0.888. The molecule has 6 heteroatoms. The number of rotatable bonds is 3. The van der Waals surface area contributed by atoms with Gasteiger partial charge in [0.25, 0.3) is 0 Å². The quantitative estimate of drug-likeness (QED) is 0.718. The van der Waals surface area contributed by atoms with Gasteiger partial charge in [0, 0.05) is 42.5 Å². The lowest BCUT2D eigenvalue weighted by Gasteiger charge is -2.26. The fourth-order valence-electron chi connectivity index (χ4n) is 3.22. The number of pyridine rings is 1. The molecule has 0 N–H and O–H groups in total. The second kappa shape index (κ2) is 7.53. The van der Waals surface area contributed by atoms with Gasteiger partial charge in [-0.3, -0.25) is 9.78 Å². The fraction of sp³-hybridized carbons (Fsp3) is 0.238. The van der Waals surface area contributed by atoms with E-state index >= 15 is 0 Å². The van der Waals surface area contributed by atoms with Gasteiger partial charge in [0.15, 0.2) is 0 Å². The predicted molar refractivity (Wildman–Crippen MR) is 101 cm³/mol. The van der Waals surface area contributed by atoms with Gasteiger partial charge < -0.3 is 9.64 Å². The van der Waals surface area contributed by atoms with E-state index in [1.807, 2.05) is 36.1 Å². The van der Waals surface area contributed by atoms with Crippen molar-refractivity contribution in [1.82, 2.24) is 19.9 Å². The first-order chi connectivity index (χ1) is 13.2. The minimum absolute atomic E-state index is 0.00919. The maximum atomic E-state index is 12.9. The molecule has 0 aliphatic carbocycles. The number of hydrogen-bond donors (Lipinski definition) is 0. The summed E-state index contributed by atoms with van der Waals surface area (Å²) >= 11 is 0. The number of amides is 1. The van der Waals surface area contributed by atoms with E-state index in [1.165, 1.54) is 6.33 Å². The van der Waals surface area contributed by atoms with E-state index in [0.29, 0.717) is 19.6 Å². The minimum atomic E-state index is -0.00919. The number of benzene rings is 1. The van der Waals surface area contributed by atoms with Gasteiger partial charge in [-0.2, -0.15) is 0 Å². The average molecular weight is 360 g/mol. The van der Waals surface area contributed by atoms with Crippen LogP contribution in [-0.2, 0) is 17.8 Å². The zero-order valence-corrected chi connectivity index (χ0v) is 15.1. The van der Waals surface area contributed by atoms with Gasteiger partial charge in [0.2, 0.25) is 5.91 Å². The number of fused-ring (bicyclic) bond motifs is 1. The lowest BCUT2D eigenvalue weighted by atomic mass is 10.0. The van der Waals surface area contributed by atoms with Crippen molar-refractivity contribution >= 4 is 5.91 Å². The van der Waals surface area contributed by atoms with Gasteiger partial charge >= 0.3 is 0 Å². The summed E-state index contributed by atoms with van der Waals surface area (Å²) in [7, 11) is 0.